The molecule has 0 unspecified atom stereocenters. The maximum atomic E-state index is 12.4. The molecule has 6 nitrogen and oxygen atoms in total. The number of hydrogen-bond donors (Lipinski definition) is 1. The van der Waals surface area contributed by atoms with Gasteiger partial charge < -0.3 is 14.6 Å². The highest BCUT2D eigenvalue weighted by Gasteiger charge is 2.25. The van der Waals surface area contributed by atoms with E-state index in [0.29, 0.717) is 41.9 Å². The predicted octanol–water partition coefficient (Wildman–Crippen LogP) is 3.17. The van der Waals surface area contributed by atoms with Gasteiger partial charge in [0.15, 0.2) is 10.8 Å². The minimum absolute atomic E-state index is 0.0874. The monoisotopic (exact) mass is 361 g/mol. The molecule has 1 aliphatic heterocycles. The summed E-state index contributed by atoms with van der Waals surface area (Å²) < 4.78 is 5.30. The molecule has 1 N–H and O–H groups in total. The molecule has 0 bridgehead atoms. The van der Waals surface area contributed by atoms with Crippen LogP contribution in [0.2, 0.25) is 0 Å². The maximum Gasteiger partial charge on any atom is 0.270 e. The lowest BCUT2D eigenvalue weighted by atomic mass is 10.0. The first-order valence-corrected chi connectivity index (χ1v) is 9.49. The van der Waals surface area contributed by atoms with Gasteiger partial charge in [0.2, 0.25) is 5.91 Å². The number of likely N-dealkylation sites (tertiary alicyclic amines) is 1. The summed E-state index contributed by atoms with van der Waals surface area (Å²) in [5.41, 5.74) is 0.412. The van der Waals surface area contributed by atoms with Crippen molar-refractivity contribution in [3.8, 4) is 10.8 Å². The number of furan rings is 1. The molecule has 0 aromatic carbocycles. The van der Waals surface area contributed by atoms with Crippen molar-refractivity contribution in [2.45, 2.75) is 39.2 Å². The van der Waals surface area contributed by atoms with E-state index in [9.17, 15) is 9.59 Å². The summed E-state index contributed by atoms with van der Waals surface area (Å²) in [6.45, 7) is 5.50. The van der Waals surface area contributed by atoms with Crippen LogP contribution in [0.15, 0.2) is 28.2 Å². The summed E-state index contributed by atoms with van der Waals surface area (Å²) in [5, 5.41) is 5.47. The summed E-state index contributed by atoms with van der Waals surface area (Å²) in [7, 11) is 0. The first-order chi connectivity index (χ1) is 12.0. The lowest BCUT2D eigenvalue weighted by molar-refractivity contribution is -0.133. The van der Waals surface area contributed by atoms with Gasteiger partial charge in [-0.05, 0) is 30.9 Å². The van der Waals surface area contributed by atoms with Gasteiger partial charge in [-0.3, -0.25) is 9.59 Å². The summed E-state index contributed by atoms with van der Waals surface area (Å²) in [5.74, 6) is 1.09. The van der Waals surface area contributed by atoms with Gasteiger partial charge in [-0.15, -0.1) is 11.3 Å². The predicted molar refractivity (Wildman–Crippen MR) is 96.3 cm³/mol. The third kappa shape index (κ3) is 4.48. The van der Waals surface area contributed by atoms with E-state index < -0.39 is 0 Å². The van der Waals surface area contributed by atoms with Crippen LogP contribution in [-0.2, 0) is 4.79 Å². The van der Waals surface area contributed by atoms with Crippen LogP contribution in [0, 0.1) is 5.92 Å². The molecule has 0 spiro atoms. The fraction of sp³-hybridized carbons (Fsp3) is 0.500. The summed E-state index contributed by atoms with van der Waals surface area (Å²) >= 11 is 1.39. The van der Waals surface area contributed by atoms with E-state index in [1.54, 1.807) is 17.7 Å². The Labute approximate surface area is 151 Å². The van der Waals surface area contributed by atoms with Crippen molar-refractivity contribution in [3.63, 3.8) is 0 Å². The van der Waals surface area contributed by atoms with E-state index >= 15 is 0 Å². The van der Waals surface area contributed by atoms with Gasteiger partial charge in [-0.2, -0.15) is 0 Å². The van der Waals surface area contributed by atoms with Crippen LogP contribution in [0.4, 0.5) is 0 Å². The second-order valence-electron chi connectivity index (χ2n) is 6.74. The Hall–Kier alpha value is -2.15. The molecular formula is C18H23N3O3S. The molecule has 1 saturated heterocycles. The molecule has 134 valence electrons. The molecule has 7 heteroatoms. The zero-order chi connectivity index (χ0) is 17.8. The highest BCUT2D eigenvalue weighted by atomic mass is 32.1. The summed E-state index contributed by atoms with van der Waals surface area (Å²) in [6, 6.07) is 3.71. The zero-order valence-corrected chi connectivity index (χ0v) is 15.3. The number of carbonyl (C=O) groups excluding carboxylic acids is 2. The first kappa shape index (κ1) is 17.7. The standard InChI is InChI=1S/C18H23N3O3S/c1-12(2)10-16(22)21-7-5-13(6-8-21)19-17(23)14-11-25-18(20-14)15-4-3-9-24-15/h3-4,9,11-13H,5-8,10H2,1-2H3,(H,19,23). The van der Waals surface area contributed by atoms with Crippen LogP contribution in [0.25, 0.3) is 10.8 Å². The minimum atomic E-state index is -0.166. The van der Waals surface area contributed by atoms with Crippen molar-refractivity contribution in [2.75, 3.05) is 13.1 Å². The second-order valence-corrected chi connectivity index (χ2v) is 7.60. The van der Waals surface area contributed by atoms with E-state index in [1.807, 2.05) is 11.0 Å². The molecule has 2 amide bonds. The van der Waals surface area contributed by atoms with Crippen molar-refractivity contribution in [1.82, 2.24) is 15.2 Å². The molecule has 0 atom stereocenters. The molecule has 0 aliphatic carbocycles. The number of thiazole rings is 1. The van der Waals surface area contributed by atoms with Crippen molar-refractivity contribution in [1.29, 1.82) is 0 Å². The average molecular weight is 361 g/mol. The maximum absolute atomic E-state index is 12.4. The average Bonchev–Trinajstić information content (AvgIpc) is 3.26. The lowest BCUT2D eigenvalue weighted by Gasteiger charge is -2.32. The molecule has 0 saturated carbocycles. The van der Waals surface area contributed by atoms with Crippen LogP contribution >= 0.6 is 11.3 Å². The van der Waals surface area contributed by atoms with E-state index in [-0.39, 0.29) is 17.9 Å². The Morgan fingerprint density at radius 1 is 1.40 bits per heavy atom. The topological polar surface area (TPSA) is 75.4 Å². The third-order valence-electron chi connectivity index (χ3n) is 4.23. The summed E-state index contributed by atoms with van der Waals surface area (Å²) in [4.78, 5) is 30.7. The Morgan fingerprint density at radius 2 is 2.16 bits per heavy atom. The quantitative estimate of drug-likeness (QED) is 0.887. The van der Waals surface area contributed by atoms with Gasteiger partial charge in [-0.25, -0.2) is 4.98 Å². The highest BCUT2D eigenvalue weighted by Crippen LogP contribution is 2.24. The number of aromatic nitrogens is 1. The normalized spacial score (nSPS) is 15.6. The summed E-state index contributed by atoms with van der Waals surface area (Å²) in [6.07, 6.45) is 3.74. The number of rotatable bonds is 5. The molecule has 2 aromatic heterocycles. The second kappa shape index (κ2) is 7.82. The van der Waals surface area contributed by atoms with Crippen molar-refractivity contribution >= 4 is 23.2 Å². The lowest BCUT2D eigenvalue weighted by Crippen LogP contribution is -2.46. The molecule has 25 heavy (non-hydrogen) atoms. The molecule has 3 heterocycles. The van der Waals surface area contributed by atoms with Crippen molar-refractivity contribution < 1.29 is 14.0 Å². The minimum Gasteiger partial charge on any atom is -0.462 e. The Bertz CT molecular complexity index is 716. The number of nitrogens with one attached hydrogen (secondary N) is 1. The molecular weight excluding hydrogens is 338 g/mol. The van der Waals surface area contributed by atoms with Crippen LogP contribution in [-0.4, -0.2) is 40.8 Å². The number of carbonyl (C=O) groups is 2. The highest BCUT2D eigenvalue weighted by molar-refractivity contribution is 7.13. The number of amides is 2. The van der Waals surface area contributed by atoms with Gasteiger partial charge in [0.25, 0.3) is 5.91 Å². The fourth-order valence-corrected chi connectivity index (χ4v) is 3.67. The SMILES string of the molecule is CC(C)CC(=O)N1CCC(NC(=O)c2csc(-c3ccco3)n2)CC1. The number of hydrogen-bond acceptors (Lipinski definition) is 5. The Morgan fingerprint density at radius 3 is 2.80 bits per heavy atom. The van der Waals surface area contributed by atoms with Crippen molar-refractivity contribution in [3.05, 3.63) is 29.5 Å². The van der Waals surface area contributed by atoms with Crippen LogP contribution in [0.3, 0.4) is 0 Å². The van der Waals surface area contributed by atoms with E-state index in [2.05, 4.69) is 24.1 Å². The fourth-order valence-electron chi connectivity index (χ4n) is 2.90. The van der Waals surface area contributed by atoms with E-state index in [1.165, 1.54) is 11.3 Å². The van der Waals surface area contributed by atoms with E-state index in [4.69, 9.17) is 4.42 Å². The zero-order valence-electron chi connectivity index (χ0n) is 14.5. The molecule has 2 aromatic rings. The van der Waals surface area contributed by atoms with Gasteiger partial charge in [0.1, 0.15) is 5.69 Å². The van der Waals surface area contributed by atoms with Crippen LogP contribution in [0.1, 0.15) is 43.6 Å². The first-order valence-electron chi connectivity index (χ1n) is 8.61. The van der Waals surface area contributed by atoms with Crippen LogP contribution in [0.5, 0.6) is 0 Å². The Kier molecular flexibility index (Phi) is 5.53. The van der Waals surface area contributed by atoms with Gasteiger partial charge in [-0.1, -0.05) is 13.8 Å². The largest absolute Gasteiger partial charge is 0.462 e. The van der Waals surface area contributed by atoms with E-state index in [0.717, 1.165) is 12.8 Å². The van der Waals surface area contributed by atoms with Crippen LogP contribution < -0.4 is 5.32 Å². The molecule has 0 radical (unpaired) electrons. The number of piperidine rings is 1. The smallest absolute Gasteiger partial charge is 0.270 e. The third-order valence-corrected chi connectivity index (χ3v) is 5.09. The van der Waals surface area contributed by atoms with Gasteiger partial charge >= 0.3 is 0 Å². The Balaban J connectivity index is 1.50. The number of nitrogens with zero attached hydrogens (tertiary/aromatic N) is 2. The van der Waals surface area contributed by atoms with Crippen molar-refractivity contribution in [2.24, 2.45) is 5.92 Å². The van der Waals surface area contributed by atoms with Gasteiger partial charge in [0.05, 0.1) is 6.26 Å². The molecule has 1 fully saturated rings. The molecule has 3 rings (SSSR count). The van der Waals surface area contributed by atoms with Gasteiger partial charge in [0, 0.05) is 30.9 Å². The molecule has 1 aliphatic rings.